The van der Waals surface area contributed by atoms with E-state index in [0.717, 1.165) is 18.7 Å². The Labute approximate surface area is 91.5 Å². The zero-order chi connectivity index (χ0) is 10.9. The van der Waals surface area contributed by atoms with Crippen LogP contribution in [0.1, 0.15) is 25.8 Å². The van der Waals surface area contributed by atoms with E-state index in [1.807, 2.05) is 12.1 Å². The van der Waals surface area contributed by atoms with Gasteiger partial charge in [0.05, 0.1) is 6.61 Å². The van der Waals surface area contributed by atoms with Crippen LogP contribution in [-0.2, 0) is 6.61 Å². The highest BCUT2D eigenvalue weighted by Gasteiger charge is 2.28. The zero-order valence-electron chi connectivity index (χ0n) is 9.53. The Kier molecular flexibility index (Phi) is 2.70. The van der Waals surface area contributed by atoms with Crippen LogP contribution < -0.4 is 4.90 Å². The molecule has 0 spiro atoms. The van der Waals surface area contributed by atoms with E-state index < -0.39 is 0 Å². The number of hydrogen-bond acceptors (Lipinski definition) is 2. The lowest BCUT2D eigenvalue weighted by Gasteiger charge is -2.21. The van der Waals surface area contributed by atoms with Crippen molar-refractivity contribution in [3.05, 3.63) is 29.8 Å². The van der Waals surface area contributed by atoms with E-state index in [0.29, 0.717) is 5.41 Å². The molecule has 0 atom stereocenters. The van der Waals surface area contributed by atoms with E-state index in [1.54, 1.807) is 0 Å². The van der Waals surface area contributed by atoms with Crippen LogP contribution in [-0.4, -0.2) is 18.2 Å². The van der Waals surface area contributed by atoms with Gasteiger partial charge in [0.15, 0.2) is 0 Å². The molecule has 15 heavy (non-hydrogen) atoms. The second-order valence-corrected chi connectivity index (χ2v) is 5.16. The number of aliphatic hydroxyl groups excluding tert-OH is 1. The van der Waals surface area contributed by atoms with Gasteiger partial charge in [0.25, 0.3) is 0 Å². The van der Waals surface area contributed by atoms with E-state index in [-0.39, 0.29) is 6.61 Å². The number of nitrogens with zero attached hydrogens (tertiary/aromatic N) is 1. The molecule has 1 saturated heterocycles. The summed E-state index contributed by atoms with van der Waals surface area (Å²) >= 11 is 0. The smallest absolute Gasteiger partial charge is 0.0681 e. The Morgan fingerprint density at radius 2 is 1.93 bits per heavy atom. The molecule has 82 valence electrons. The van der Waals surface area contributed by atoms with Crippen molar-refractivity contribution in [3.63, 3.8) is 0 Å². The van der Waals surface area contributed by atoms with Crippen molar-refractivity contribution in [2.75, 3.05) is 18.0 Å². The summed E-state index contributed by atoms with van der Waals surface area (Å²) in [5.41, 5.74) is 2.70. The van der Waals surface area contributed by atoms with Crippen LogP contribution >= 0.6 is 0 Å². The quantitative estimate of drug-likeness (QED) is 0.801. The Morgan fingerprint density at radius 3 is 2.40 bits per heavy atom. The lowest BCUT2D eigenvalue weighted by Crippen LogP contribution is -2.22. The SMILES string of the molecule is CC1(C)CCN(c2ccc(CO)cc2)C1. The predicted molar refractivity (Wildman–Crippen MR) is 63.0 cm³/mol. The number of rotatable bonds is 2. The Bertz CT molecular complexity index is 329. The molecule has 1 N–H and O–H groups in total. The van der Waals surface area contributed by atoms with Gasteiger partial charge >= 0.3 is 0 Å². The van der Waals surface area contributed by atoms with Gasteiger partial charge in [-0.25, -0.2) is 0 Å². The minimum Gasteiger partial charge on any atom is -0.392 e. The molecule has 0 aliphatic carbocycles. The molecular weight excluding hydrogens is 186 g/mol. The summed E-state index contributed by atoms with van der Waals surface area (Å²) in [5, 5.41) is 8.96. The molecule has 1 aliphatic rings. The monoisotopic (exact) mass is 205 g/mol. The van der Waals surface area contributed by atoms with Crippen molar-refractivity contribution in [2.45, 2.75) is 26.9 Å². The first-order valence-corrected chi connectivity index (χ1v) is 5.55. The molecule has 1 aromatic rings. The predicted octanol–water partition coefficient (Wildman–Crippen LogP) is 2.42. The molecule has 0 aromatic heterocycles. The third-order valence-electron chi connectivity index (χ3n) is 3.16. The highest BCUT2D eigenvalue weighted by Crippen LogP contribution is 2.32. The lowest BCUT2D eigenvalue weighted by molar-refractivity contribution is 0.282. The molecule has 1 aromatic carbocycles. The summed E-state index contributed by atoms with van der Waals surface area (Å²) in [4.78, 5) is 2.42. The van der Waals surface area contributed by atoms with Crippen LogP contribution in [0.3, 0.4) is 0 Å². The summed E-state index contributed by atoms with van der Waals surface area (Å²) in [5.74, 6) is 0. The van der Waals surface area contributed by atoms with Gasteiger partial charge in [-0.15, -0.1) is 0 Å². The van der Waals surface area contributed by atoms with E-state index in [4.69, 9.17) is 5.11 Å². The average Bonchev–Trinajstić information content (AvgIpc) is 2.59. The first-order valence-electron chi connectivity index (χ1n) is 5.55. The van der Waals surface area contributed by atoms with Gasteiger partial charge in [-0.05, 0) is 29.5 Å². The molecule has 2 rings (SSSR count). The summed E-state index contributed by atoms with van der Waals surface area (Å²) < 4.78 is 0. The standard InChI is InChI=1S/C13H19NO/c1-13(2)7-8-14(10-13)12-5-3-11(9-15)4-6-12/h3-6,15H,7-10H2,1-2H3. The highest BCUT2D eigenvalue weighted by molar-refractivity contribution is 5.48. The van der Waals surface area contributed by atoms with Crippen molar-refractivity contribution in [1.29, 1.82) is 0 Å². The van der Waals surface area contributed by atoms with Crippen LogP contribution in [0.2, 0.25) is 0 Å². The summed E-state index contributed by atoms with van der Waals surface area (Å²) in [6.45, 7) is 7.03. The van der Waals surface area contributed by atoms with Gasteiger partial charge in [-0.3, -0.25) is 0 Å². The zero-order valence-corrected chi connectivity index (χ0v) is 9.53. The minimum absolute atomic E-state index is 0.131. The molecule has 0 amide bonds. The Hall–Kier alpha value is -1.02. The third-order valence-corrected chi connectivity index (χ3v) is 3.16. The second-order valence-electron chi connectivity index (χ2n) is 5.16. The largest absolute Gasteiger partial charge is 0.392 e. The molecule has 0 unspecified atom stereocenters. The van der Waals surface area contributed by atoms with Crippen LogP contribution in [0.15, 0.2) is 24.3 Å². The van der Waals surface area contributed by atoms with Gasteiger partial charge in [0, 0.05) is 18.8 Å². The maximum atomic E-state index is 8.96. The summed E-state index contributed by atoms with van der Waals surface area (Å²) in [7, 11) is 0. The number of anilines is 1. The molecular formula is C13H19NO. The first-order chi connectivity index (χ1) is 7.11. The summed E-state index contributed by atoms with van der Waals surface area (Å²) in [6.07, 6.45) is 1.26. The molecule has 0 bridgehead atoms. The number of benzene rings is 1. The van der Waals surface area contributed by atoms with Crippen molar-refractivity contribution in [2.24, 2.45) is 5.41 Å². The van der Waals surface area contributed by atoms with Crippen LogP contribution in [0.5, 0.6) is 0 Å². The fourth-order valence-electron chi connectivity index (χ4n) is 2.14. The van der Waals surface area contributed by atoms with Gasteiger partial charge in [-0.2, -0.15) is 0 Å². The second kappa shape index (κ2) is 3.86. The third kappa shape index (κ3) is 2.32. The van der Waals surface area contributed by atoms with Crippen LogP contribution in [0, 0.1) is 5.41 Å². The highest BCUT2D eigenvalue weighted by atomic mass is 16.3. The Balaban J connectivity index is 2.11. The molecule has 0 saturated carbocycles. The van der Waals surface area contributed by atoms with Gasteiger partial charge in [-0.1, -0.05) is 26.0 Å². The van der Waals surface area contributed by atoms with Crippen molar-refractivity contribution in [3.8, 4) is 0 Å². The van der Waals surface area contributed by atoms with Gasteiger partial charge in [0.2, 0.25) is 0 Å². The van der Waals surface area contributed by atoms with E-state index >= 15 is 0 Å². The first kappa shape index (κ1) is 10.5. The van der Waals surface area contributed by atoms with Crippen molar-refractivity contribution in [1.82, 2.24) is 0 Å². The van der Waals surface area contributed by atoms with Gasteiger partial charge < -0.3 is 10.0 Å². The van der Waals surface area contributed by atoms with Gasteiger partial charge in [0.1, 0.15) is 0 Å². The van der Waals surface area contributed by atoms with Crippen molar-refractivity contribution >= 4 is 5.69 Å². The van der Waals surface area contributed by atoms with E-state index in [2.05, 4.69) is 30.9 Å². The minimum atomic E-state index is 0.131. The number of aliphatic hydroxyl groups is 1. The Morgan fingerprint density at radius 1 is 1.27 bits per heavy atom. The molecule has 1 aliphatic heterocycles. The van der Waals surface area contributed by atoms with E-state index in [1.165, 1.54) is 12.1 Å². The fraction of sp³-hybridized carbons (Fsp3) is 0.538. The summed E-state index contributed by atoms with van der Waals surface area (Å²) in [6, 6.07) is 8.21. The fourth-order valence-corrected chi connectivity index (χ4v) is 2.14. The van der Waals surface area contributed by atoms with Crippen molar-refractivity contribution < 1.29 is 5.11 Å². The van der Waals surface area contributed by atoms with Crippen LogP contribution in [0.4, 0.5) is 5.69 Å². The molecule has 1 fully saturated rings. The van der Waals surface area contributed by atoms with Crippen LogP contribution in [0.25, 0.3) is 0 Å². The maximum Gasteiger partial charge on any atom is 0.0681 e. The molecule has 2 heteroatoms. The average molecular weight is 205 g/mol. The van der Waals surface area contributed by atoms with E-state index in [9.17, 15) is 0 Å². The normalized spacial score (nSPS) is 19.5. The lowest BCUT2D eigenvalue weighted by atomic mass is 9.93. The topological polar surface area (TPSA) is 23.5 Å². The molecule has 1 heterocycles. The number of hydrogen-bond donors (Lipinski definition) is 1. The molecule has 2 nitrogen and oxygen atoms in total. The maximum absolute atomic E-state index is 8.96. The molecule has 0 radical (unpaired) electrons.